The number of morpholine rings is 1. The molecule has 25 heavy (non-hydrogen) atoms. The average molecular weight is 341 g/mol. The number of benzene rings is 1. The fourth-order valence-corrected chi connectivity index (χ4v) is 3.24. The van der Waals surface area contributed by atoms with Crippen LogP contribution in [0.3, 0.4) is 0 Å². The molecule has 1 aromatic heterocycles. The Hall–Kier alpha value is -2.47. The summed E-state index contributed by atoms with van der Waals surface area (Å²) < 4.78 is 18.3. The highest BCUT2D eigenvalue weighted by Gasteiger charge is 2.43. The standard InChI is InChI=1S/C19H20FN3O2/c20-14-3-1-13(2-4-14)16-11-17(16)19(24)22-15-5-6-18(21-12-15)23-7-9-25-10-8-23/h1-6,12,16-17H,7-11H2,(H,22,24). The first-order chi connectivity index (χ1) is 12.2. The number of halogens is 1. The summed E-state index contributed by atoms with van der Waals surface area (Å²) in [6.45, 7) is 3.10. The number of hydrogen-bond acceptors (Lipinski definition) is 4. The van der Waals surface area contributed by atoms with Gasteiger partial charge in [-0.15, -0.1) is 0 Å². The molecule has 130 valence electrons. The summed E-state index contributed by atoms with van der Waals surface area (Å²) in [5, 5.41) is 2.93. The average Bonchev–Trinajstić information content (AvgIpc) is 3.45. The first kappa shape index (κ1) is 16.0. The third kappa shape index (κ3) is 3.64. The number of carbonyl (C=O) groups is 1. The van der Waals surface area contributed by atoms with Crippen LogP contribution in [0, 0.1) is 11.7 Å². The largest absolute Gasteiger partial charge is 0.378 e. The molecule has 4 rings (SSSR count). The number of carbonyl (C=O) groups excluding carboxylic acids is 1. The first-order valence-electron chi connectivity index (χ1n) is 8.56. The van der Waals surface area contributed by atoms with Crippen LogP contribution in [0.25, 0.3) is 0 Å². The van der Waals surface area contributed by atoms with E-state index in [9.17, 15) is 9.18 Å². The number of nitrogens with one attached hydrogen (secondary N) is 1. The fraction of sp³-hybridized carbons (Fsp3) is 0.368. The molecule has 1 aliphatic heterocycles. The molecule has 1 N–H and O–H groups in total. The predicted octanol–water partition coefficient (Wildman–Crippen LogP) is 2.80. The summed E-state index contributed by atoms with van der Waals surface area (Å²) in [6.07, 6.45) is 2.49. The number of amides is 1. The SMILES string of the molecule is O=C(Nc1ccc(N2CCOCC2)nc1)C1CC1c1ccc(F)cc1. The van der Waals surface area contributed by atoms with Crippen LogP contribution < -0.4 is 10.2 Å². The van der Waals surface area contributed by atoms with Crippen molar-refractivity contribution >= 4 is 17.4 Å². The summed E-state index contributed by atoms with van der Waals surface area (Å²) in [4.78, 5) is 19.0. The van der Waals surface area contributed by atoms with Crippen molar-refractivity contribution in [2.45, 2.75) is 12.3 Å². The number of nitrogens with zero attached hydrogens (tertiary/aromatic N) is 2. The zero-order valence-electron chi connectivity index (χ0n) is 13.8. The quantitative estimate of drug-likeness (QED) is 0.929. The number of aromatic nitrogens is 1. The van der Waals surface area contributed by atoms with E-state index in [1.807, 2.05) is 12.1 Å². The van der Waals surface area contributed by atoms with Crippen molar-refractivity contribution < 1.29 is 13.9 Å². The van der Waals surface area contributed by atoms with Gasteiger partial charge in [0.15, 0.2) is 0 Å². The van der Waals surface area contributed by atoms with Crippen LogP contribution in [-0.4, -0.2) is 37.2 Å². The van der Waals surface area contributed by atoms with Crippen LogP contribution in [0.1, 0.15) is 17.9 Å². The molecule has 1 aromatic carbocycles. The molecule has 1 aliphatic carbocycles. The molecule has 2 aromatic rings. The van der Waals surface area contributed by atoms with Crippen LogP contribution in [-0.2, 0) is 9.53 Å². The van der Waals surface area contributed by atoms with Crippen molar-refractivity contribution in [3.63, 3.8) is 0 Å². The minimum atomic E-state index is -0.253. The molecule has 2 fully saturated rings. The second kappa shape index (κ2) is 6.80. The highest BCUT2D eigenvalue weighted by molar-refractivity contribution is 5.95. The molecule has 6 heteroatoms. The van der Waals surface area contributed by atoms with Gasteiger partial charge in [-0.3, -0.25) is 4.79 Å². The zero-order chi connectivity index (χ0) is 17.2. The maximum atomic E-state index is 13.0. The number of anilines is 2. The third-order valence-electron chi connectivity index (χ3n) is 4.78. The smallest absolute Gasteiger partial charge is 0.228 e. The van der Waals surface area contributed by atoms with E-state index < -0.39 is 0 Å². The number of rotatable bonds is 4. The molecule has 1 amide bonds. The van der Waals surface area contributed by atoms with Gasteiger partial charge < -0.3 is 15.0 Å². The highest BCUT2D eigenvalue weighted by Crippen LogP contribution is 2.47. The van der Waals surface area contributed by atoms with Gasteiger partial charge in [-0.1, -0.05) is 12.1 Å². The summed E-state index contributed by atoms with van der Waals surface area (Å²) in [7, 11) is 0. The van der Waals surface area contributed by atoms with Gasteiger partial charge >= 0.3 is 0 Å². The Morgan fingerprint density at radius 2 is 1.92 bits per heavy atom. The van der Waals surface area contributed by atoms with Gasteiger partial charge in [-0.2, -0.15) is 0 Å². The van der Waals surface area contributed by atoms with Crippen LogP contribution in [0.5, 0.6) is 0 Å². The van der Waals surface area contributed by atoms with E-state index in [0.29, 0.717) is 18.9 Å². The van der Waals surface area contributed by atoms with Crippen LogP contribution in [0.4, 0.5) is 15.9 Å². The van der Waals surface area contributed by atoms with Gasteiger partial charge in [0, 0.05) is 19.0 Å². The van der Waals surface area contributed by atoms with Crippen molar-refractivity contribution in [2.24, 2.45) is 5.92 Å². The Kier molecular flexibility index (Phi) is 4.36. The van der Waals surface area contributed by atoms with E-state index in [2.05, 4.69) is 15.2 Å². The van der Waals surface area contributed by atoms with E-state index in [1.165, 1.54) is 12.1 Å². The fourth-order valence-electron chi connectivity index (χ4n) is 3.24. The van der Waals surface area contributed by atoms with E-state index >= 15 is 0 Å². The second-order valence-corrected chi connectivity index (χ2v) is 6.49. The van der Waals surface area contributed by atoms with Gasteiger partial charge in [0.2, 0.25) is 5.91 Å². The van der Waals surface area contributed by atoms with E-state index in [-0.39, 0.29) is 23.6 Å². The monoisotopic (exact) mass is 341 g/mol. The zero-order valence-corrected chi connectivity index (χ0v) is 13.8. The molecule has 0 bridgehead atoms. The van der Waals surface area contributed by atoms with Gasteiger partial charge in [-0.25, -0.2) is 9.37 Å². The van der Waals surface area contributed by atoms with Crippen molar-refractivity contribution in [3.8, 4) is 0 Å². The van der Waals surface area contributed by atoms with Gasteiger partial charge in [0.1, 0.15) is 11.6 Å². The topological polar surface area (TPSA) is 54.5 Å². The number of pyridine rings is 1. The number of hydrogen-bond donors (Lipinski definition) is 1. The Bertz CT molecular complexity index is 742. The maximum Gasteiger partial charge on any atom is 0.228 e. The minimum absolute atomic E-state index is 0.00440. The summed E-state index contributed by atoms with van der Waals surface area (Å²) in [5.74, 6) is 0.773. The number of ether oxygens (including phenoxy) is 1. The van der Waals surface area contributed by atoms with Gasteiger partial charge in [-0.05, 0) is 42.2 Å². The minimum Gasteiger partial charge on any atom is -0.378 e. The molecule has 1 saturated heterocycles. The lowest BCUT2D eigenvalue weighted by atomic mass is 10.1. The summed E-state index contributed by atoms with van der Waals surface area (Å²) in [6, 6.07) is 10.2. The van der Waals surface area contributed by atoms with Gasteiger partial charge in [0.05, 0.1) is 25.1 Å². The molecular weight excluding hydrogens is 321 g/mol. The third-order valence-corrected chi connectivity index (χ3v) is 4.78. The van der Waals surface area contributed by atoms with Crippen molar-refractivity contribution in [1.29, 1.82) is 0 Å². The van der Waals surface area contributed by atoms with E-state index in [0.717, 1.165) is 30.9 Å². The summed E-state index contributed by atoms with van der Waals surface area (Å²) in [5.41, 5.74) is 1.72. The van der Waals surface area contributed by atoms with Gasteiger partial charge in [0.25, 0.3) is 0 Å². The Morgan fingerprint density at radius 1 is 1.16 bits per heavy atom. The lowest BCUT2D eigenvalue weighted by Gasteiger charge is -2.27. The van der Waals surface area contributed by atoms with Crippen molar-refractivity contribution in [1.82, 2.24) is 4.98 Å². The van der Waals surface area contributed by atoms with Crippen molar-refractivity contribution in [2.75, 3.05) is 36.5 Å². The Balaban J connectivity index is 1.34. The predicted molar refractivity (Wildman–Crippen MR) is 93.1 cm³/mol. The molecule has 2 heterocycles. The first-order valence-corrected chi connectivity index (χ1v) is 8.56. The second-order valence-electron chi connectivity index (χ2n) is 6.49. The lowest BCUT2D eigenvalue weighted by Crippen LogP contribution is -2.36. The van der Waals surface area contributed by atoms with E-state index in [4.69, 9.17) is 4.74 Å². The van der Waals surface area contributed by atoms with Crippen LogP contribution >= 0.6 is 0 Å². The summed E-state index contributed by atoms with van der Waals surface area (Å²) >= 11 is 0. The molecule has 2 aliphatic rings. The Morgan fingerprint density at radius 3 is 2.60 bits per heavy atom. The molecule has 2 atom stereocenters. The van der Waals surface area contributed by atoms with Crippen LogP contribution in [0.2, 0.25) is 0 Å². The molecular formula is C19H20FN3O2. The van der Waals surface area contributed by atoms with Crippen molar-refractivity contribution in [3.05, 3.63) is 54.0 Å². The van der Waals surface area contributed by atoms with Crippen LogP contribution in [0.15, 0.2) is 42.6 Å². The highest BCUT2D eigenvalue weighted by atomic mass is 19.1. The lowest BCUT2D eigenvalue weighted by molar-refractivity contribution is -0.117. The molecule has 0 radical (unpaired) electrons. The Labute approximate surface area is 145 Å². The molecule has 1 saturated carbocycles. The maximum absolute atomic E-state index is 13.0. The molecule has 2 unspecified atom stereocenters. The normalized spacial score (nSPS) is 22.5. The molecule has 0 spiro atoms. The van der Waals surface area contributed by atoms with E-state index in [1.54, 1.807) is 18.3 Å². The molecule has 5 nitrogen and oxygen atoms in total.